The molecule has 12 rings (SSSR count). The Morgan fingerprint density at radius 1 is 0.556 bits per heavy atom. The molecule has 6 aliphatic rings. The summed E-state index contributed by atoms with van der Waals surface area (Å²) in [6, 6.07) is 18.5. The van der Waals surface area contributed by atoms with Crippen LogP contribution >= 0.6 is 11.6 Å². The maximum atomic E-state index is 14.2. The number of hydrogen-bond acceptors (Lipinski definition) is 3. The van der Waals surface area contributed by atoms with Crippen molar-refractivity contribution in [1.29, 1.82) is 0 Å². The van der Waals surface area contributed by atoms with Crippen LogP contribution in [0.3, 0.4) is 0 Å². The Morgan fingerprint density at radius 2 is 1.11 bits per heavy atom. The Hall–Kier alpha value is -4.47. The molecule has 0 saturated carbocycles. The van der Waals surface area contributed by atoms with Crippen LogP contribution in [0.1, 0.15) is 36.0 Å². The van der Waals surface area contributed by atoms with Crippen LogP contribution in [0.2, 0.25) is 5.02 Å². The van der Waals surface area contributed by atoms with E-state index in [0.29, 0.717) is 18.1 Å². The van der Waals surface area contributed by atoms with E-state index in [1.807, 2.05) is 18.2 Å². The topological polar surface area (TPSA) is 24.5 Å². The summed E-state index contributed by atoms with van der Waals surface area (Å²) >= 11 is 6.28. The zero-order valence-corrected chi connectivity index (χ0v) is 31.8. The number of hydrogen-bond donors (Lipinski definition) is 0. The van der Waals surface area contributed by atoms with E-state index < -0.39 is 0 Å². The number of nitrogens with zero attached hydrogens (tertiary/aromatic N) is 6. The van der Waals surface area contributed by atoms with Crippen molar-refractivity contribution in [2.24, 2.45) is 0 Å². The lowest BCUT2D eigenvalue weighted by atomic mass is 9.89. The van der Waals surface area contributed by atoms with E-state index in [0.717, 1.165) is 91.0 Å². The summed E-state index contributed by atoms with van der Waals surface area (Å²) in [7, 11) is 6.51. The molecule has 54 heavy (non-hydrogen) atoms. The Kier molecular flexibility index (Phi) is 8.25. The van der Waals surface area contributed by atoms with Gasteiger partial charge in [-0.15, -0.1) is 0 Å². The highest BCUT2D eigenvalue weighted by molar-refractivity contribution is 6.35. The third-order valence-corrected chi connectivity index (χ3v) is 13.1. The first-order chi connectivity index (χ1) is 26.2. The molecule has 3 aromatic carbocycles. The van der Waals surface area contributed by atoms with Gasteiger partial charge in [-0.1, -0.05) is 35.9 Å². The van der Waals surface area contributed by atoms with E-state index in [2.05, 4.69) is 105 Å². The van der Waals surface area contributed by atoms with Gasteiger partial charge in [0, 0.05) is 95.7 Å². The van der Waals surface area contributed by atoms with Gasteiger partial charge >= 0.3 is 0 Å². The third-order valence-electron chi connectivity index (χ3n) is 12.8. The van der Waals surface area contributed by atoms with Crippen molar-refractivity contribution in [1.82, 2.24) is 28.4 Å². The predicted octanol–water partition coefficient (Wildman–Crippen LogP) is 9.16. The van der Waals surface area contributed by atoms with Crippen molar-refractivity contribution in [3.8, 4) is 0 Å². The summed E-state index contributed by atoms with van der Waals surface area (Å²) in [4.78, 5) is 7.16. The average molecular weight is 743 g/mol. The molecule has 0 N–H and O–H groups in total. The van der Waals surface area contributed by atoms with Crippen molar-refractivity contribution in [3.63, 3.8) is 0 Å². The van der Waals surface area contributed by atoms with Crippen LogP contribution in [0.15, 0.2) is 91.4 Å². The van der Waals surface area contributed by atoms with Gasteiger partial charge in [-0.05, 0) is 106 Å². The molecule has 0 fully saturated rings. The molecule has 6 aliphatic heterocycles. The minimum atomic E-state index is -0.134. The standard InChI is InChI=1S/C15H15ClN2.2C15H15FN2/c1-17-7-2-3-10-11-4-5-13(16)12-6-8-18(15(11)12)9-14(10)17;1-17-7-2-3-11-13(17)9-18-8-6-10-4-5-12(16)14(11)15(10)18;1-17-5-2-3-12-13-8-11(16)7-10-4-6-18(15(10)13)9-14(12)17/h3-6,8,14H,2,7,9H2,1H3;3-6,8,13H,2,7,9H2,1H3;3-4,6-8,14H,2,5,9H2,1H3. The molecule has 0 spiro atoms. The molecule has 0 aliphatic carbocycles. The van der Waals surface area contributed by atoms with E-state index in [-0.39, 0.29) is 11.6 Å². The lowest BCUT2D eigenvalue weighted by molar-refractivity contribution is 0.260. The molecule has 0 amide bonds. The monoisotopic (exact) mass is 742 g/mol. The van der Waals surface area contributed by atoms with Gasteiger partial charge in [0.25, 0.3) is 0 Å². The van der Waals surface area contributed by atoms with Gasteiger partial charge in [-0.3, -0.25) is 14.7 Å². The fourth-order valence-electron chi connectivity index (χ4n) is 10.0. The Balaban J connectivity index is 0.000000100. The molecule has 9 heteroatoms. The minimum absolute atomic E-state index is 0.0892. The zero-order valence-electron chi connectivity index (χ0n) is 31.1. The molecule has 0 radical (unpaired) electrons. The Morgan fingerprint density at radius 3 is 1.80 bits per heavy atom. The number of likely N-dealkylation sites (N-methyl/N-ethyl adjacent to an activating group) is 3. The number of rotatable bonds is 0. The maximum Gasteiger partial charge on any atom is 0.132 e. The van der Waals surface area contributed by atoms with Crippen molar-refractivity contribution >= 4 is 61.0 Å². The zero-order chi connectivity index (χ0) is 36.8. The average Bonchev–Trinajstić information content (AvgIpc) is 3.91. The molecule has 9 heterocycles. The molecule has 6 aromatic rings. The number of benzene rings is 3. The molecule has 3 unspecified atom stereocenters. The fourth-order valence-corrected chi connectivity index (χ4v) is 10.3. The summed E-state index contributed by atoms with van der Waals surface area (Å²) in [6.45, 7) is 6.25. The van der Waals surface area contributed by atoms with Gasteiger partial charge in [0.15, 0.2) is 0 Å². The van der Waals surface area contributed by atoms with Crippen LogP contribution in [-0.4, -0.2) is 87.3 Å². The SMILES string of the molecule is CN1CCC=C2c3c(F)ccc4ccn(c34)CC21.CN1CCC=C2c3cc(F)cc4ccn(c34)CC21.CN1CCC=C2c3ccc(Cl)c4ccn(c34)CC21. The number of aromatic nitrogens is 3. The van der Waals surface area contributed by atoms with E-state index in [4.69, 9.17) is 11.6 Å². The predicted molar refractivity (Wildman–Crippen MR) is 218 cm³/mol. The molecule has 276 valence electrons. The molecule has 0 bridgehead atoms. The van der Waals surface area contributed by atoms with Crippen LogP contribution in [0, 0.1) is 11.6 Å². The van der Waals surface area contributed by atoms with Gasteiger partial charge in [0.1, 0.15) is 11.6 Å². The first-order valence-electron chi connectivity index (χ1n) is 19.3. The second-order valence-corrected chi connectivity index (χ2v) is 16.3. The van der Waals surface area contributed by atoms with Crippen molar-refractivity contribution < 1.29 is 8.78 Å². The summed E-state index contributed by atoms with van der Waals surface area (Å²) < 4.78 is 34.8. The van der Waals surface area contributed by atoms with Crippen LogP contribution in [0.25, 0.3) is 49.4 Å². The summed E-state index contributed by atoms with van der Waals surface area (Å²) in [5, 5.41) is 4.19. The number of fused-ring (bicyclic) bond motifs is 6. The minimum Gasteiger partial charge on any atom is -0.345 e. The molecule has 3 aromatic heterocycles. The molecule has 3 atom stereocenters. The van der Waals surface area contributed by atoms with Crippen molar-refractivity contribution in [2.45, 2.75) is 57.0 Å². The second kappa shape index (κ2) is 13.1. The first kappa shape index (κ1) is 34.1. The van der Waals surface area contributed by atoms with Gasteiger partial charge in [-0.25, -0.2) is 8.78 Å². The van der Waals surface area contributed by atoms with Crippen molar-refractivity contribution in [2.75, 3.05) is 40.8 Å². The van der Waals surface area contributed by atoms with Gasteiger partial charge in [0.2, 0.25) is 0 Å². The van der Waals surface area contributed by atoms with Crippen LogP contribution in [0.5, 0.6) is 0 Å². The van der Waals surface area contributed by atoms with E-state index in [1.54, 1.807) is 18.2 Å². The highest BCUT2D eigenvalue weighted by atomic mass is 35.5. The third kappa shape index (κ3) is 5.36. The summed E-state index contributed by atoms with van der Waals surface area (Å²) in [5.41, 5.74) is 10.8. The van der Waals surface area contributed by atoms with Crippen LogP contribution in [0.4, 0.5) is 8.78 Å². The Bertz CT molecular complexity index is 2570. The fraction of sp³-hybridized carbons (Fsp3) is 0.333. The molecular formula is C45H45ClF2N6. The summed E-state index contributed by atoms with van der Waals surface area (Å²) in [6.07, 6.45) is 16.4. The quantitative estimate of drug-likeness (QED) is 0.155. The highest BCUT2D eigenvalue weighted by Crippen LogP contribution is 2.41. The number of halogens is 3. The largest absolute Gasteiger partial charge is 0.345 e. The maximum absolute atomic E-state index is 14.2. The van der Waals surface area contributed by atoms with E-state index in [1.165, 1.54) is 38.7 Å². The van der Waals surface area contributed by atoms with Crippen LogP contribution in [-0.2, 0) is 19.6 Å². The van der Waals surface area contributed by atoms with Gasteiger partial charge < -0.3 is 13.7 Å². The van der Waals surface area contributed by atoms with E-state index in [9.17, 15) is 8.78 Å². The molecule has 0 saturated heterocycles. The first-order valence-corrected chi connectivity index (χ1v) is 19.7. The molecule has 6 nitrogen and oxygen atoms in total. The second-order valence-electron chi connectivity index (χ2n) is 15.8. The summed E-state index contributed by atoms with van der Waals surface area (Å²) in [5.74, 6) is -0.223. The normalized spacial score (nSPS) is 23.0. The van der Waals surface area contributed by atoms with Gasteiger partial charge in [0.05, 0.1) is 34.7 Å². The van der Waals surface area contributed by atoms with Crippen LogP contribution < -0.4 is 0 Å². The van der Waals surface area contributed by atoms with Crippen molar-refractivity contribution in [3.05, 3.63) is 125 Å². The lowest BCUT2D eigenvalue weighted by Gasteiger charge is -2.37. The van der Waals surface area contributed by atoms with Gasteiger partial charge in [-0.2, -0.15) is 0 Å². The Labute approximate surface area is 319 Å². The molecular weight excluding hydrogens is 698 g/mol. The highest BCUT2D eigenvalue weighted by Gasteiger charge is 2.33. The van der Waals surface area contributed by atoms with E-state index >= 15 is 0 Å². The lowest BCUT2D eigenvalue weighted by Crippen LogP contribution is -2.41. The smallest absolute Gasteiger partial charge is 0.132 e.